The summed E-state index contributed by atoms with van der Waals surface area (Å²) in [6.07, 6.45) is 18.7. The predicted molar refractivity (Wildman–Crippen MR) is 128 cm³/mol. The molecule has 0 saturated carbocycles. The Bertz CT molecular complexity index is 452. The fourth-order valence-corrected chi connectivity index (χ4v) is 4.77. The van der Waals surface area contributed by atoms with Gasteiger partial charge in [-0.3, -0.25) is 0 Å². The maximum Gasteiger partial charge on any atom is -0.00752 e. The van der Waals surface area contributed by atoms with E-state index in [2.05, 4.69) is 65.8 Å². The van der Waals surface area contributed by atoms with Gasteiger partial charge in [-0.2, -0.15) is 0 Å². The molecule has 0 heterocycles. The van der Waals surface area contributed by atoms with Crippen molar-refractivity contribution in [3.8, 4) is 0 Å². The summed E-state index contributed by atoms with van der Waals surface area (Å²) < 4.78 is 0. The summed E-state index contributed by atoms with van der Waals surface area (Å²) in [5.74, 6) is 0. The molecule has 162 valence electrons. The second kappa shape index (κ2) is 13.4. The van der Waals surface area contributed by atoms with E-state index in [1.807, 2.05) is 0 Å². The highest BCUT2D eigenvalue weighted by Crippen LogP contribution is 2.39. The Morgan fingerprint density at radius 2 is 0.750 bits per heavy atom. The monoisotopic (exact) mass is 386 g/mol. The summed E-state index contributed by atoms with van der Waals surface area (Å²) in [6, 6.07) is 9.95. The van der Waals surface area contributed by atoms with Gasteiger partial charge < -0.3 is 0 Å². The molecule has 0 aliphatic carbocycles. The molecule has 0 amide bonds. The van der Waals surface area contributed by atoms with Gasteiger partial charge in [0.15, 0.2) is 0 Å². The van der Waals surface area contributed by atoms with Gasteiger partial charge in [0.25, 0.3) is 0 Å². The fourth-order valence-electron chi connectivity index (χ4n) is 4.77. The molecule has 1 rings (SSSR count). The average Bonchev–Trinajstić information content (AvgIpc) is 2.71. The molecule has 0 spiro atoms. The molecule has 0 radical (unpaired) electrons. The van der Waals surface area contributed by atoms with E-state index in [1.165, 1.54) is 89.9 Å². The lowest BCUT2D eigenvalue weighted by atomic mass is 9.71. The largest absolute Gasteiger partial charge is 0.0654 e. The van der Waals surface area contributed by atoms with E-state index >= 15 is 0 Å². The van der Waals surface area contributed by atoms with Crippen LogP contribution in [-0.4, -0.2) is 0 Å². The van der Waals surface area contributed by atoms with Crippen molar-refractivity contribution >= 4 is 0 Å². The van der Waals surface area contributed by atoms with Crippen LogP contribution in [0.4, 0.5) is 0 Å². The average molecular weight is 387 g/mol. The molecule has 0 aliphatic heterocycles. The normalized spacial score (nSPS) is 15.9. The van der Waals surface area contributed by atoms with E-state index in [0.717, 1.165) is 0 Å². The highest BCUT2D eigenvalue weighted by atomic mass is 14.3. The molecular weight excluding hydrogens is 336 g/mol. The zero-order valence-electron chi connectivity index (χ0n) is 20.2. The Labute approximate surface area is 177 Å². The van der Waals surface area contributed by atoms with Crippen molar-refractivity contribution in [1.82, 2.24) is 0 Å². The maximum atomic E-state index is 2.52. The molecule has 0 bridgehead atoms. The van der Waals surface area contributed by atoms with Gasteiger partial charge in [-0.15, -0.1) is 0 Å². The highest BCUT2D eigenvalue weighted by Gasteiger charge is 2.28. The molecule has 0 nitrogen and oxygen atoms in total. The summed E-state index contributed by atoms with van der Waals surface area (Å²) >= 11 is 0. The first-order valence-corrected chi connectivity index (χ1v) is 12.6. The lowest BCUT2D eigenvalue weighted by molar-refractivity contribution is 0.364. The second-order valence-electron chi connectivity index (χ2n) is 9.82. The third-order valence-corrected chi connectivity index (χ3v) is 7.11. The Kier molecular flexibility index (Phi) is 12.1. The van der Waals surface area contributed by atoms with Gasteiger partial charge in [-0.25, -0.2) is 0 Å². The van der Waals surface area contributed by atoms with Gasteiger partial charge in [0.1, 0.15) is 0 Å². The van der Waals surface area contributed by atoms with Crippen LogP contribution in [0.2, 0.25) is 0 Å². The quantitative estimate of drug-likeness (QED) is 0.248. The van der Waals surface area contributed by atoms with Crippen LogP contribution >= 0.6 is 0 Å². The van der Waals surface area contributed by atoms with Crippen molar-refractivity contribution in [1.29, 1.82) is 0 Å². The molecule has 0 N–H and O–H groups in total. The molecular formula is C28H50. The van der Waals surface area contributed by atoms with Crippen LogP contribution in [0.1, 0.15) is 143 Å². The summed E-state index contributed by atoms with van der Waals surface area (Å²) in [7, 11) is 0. The molecule has 0 saturated heterocycles. The zero-order valence-corrected chi connectivity index (χ0v) is 20.2. The number of hydrogen-bond acceptors (Lipinski definition) is 0. The second-order valence-corrected chi connectivity index (χ2v) is 9.82. The summed E-state index contributed by atoms with van der Waals surface area (Å²) in [4.78, 5) is 0. The first-order valence-electron chi connectivity index (χ1n) is 12.6. The number of unbranched alkanes of at least 4 members (excludes halogenated alkanes) is 6. The predicted octanol–water partition coefficient (Wildman–Crippen LogP) is 9.74. The maximum absolute atomic E-state index is 2.52. The Morgan fingerprint density at radius 3 is 1.04 bits per heavy atom. The van der Waals surface area contributed by atoms with Crippen molar-refractivity contribution < 1.29 is 0 Å². The minimum Gasteiger partial charge on any atom is -0.0654 e. The summed E-state index contributed by atoms with van der Waals surface area (Å²) in [5, 5.41) is 0. The van der Waals surface area contributed by atoms with Crippen LogP contribution in [0.3, 0.4) is 0 Å². The Morgan fingerprint density at radius 1 is 0.464 bits per heavy atom. The van der Waals surface area contributed by atoms with Gasteiger partial charge in [-0.05, 0) is 47.6 Å². The van der Waals surface area contributed by atoms with Crippen molar-refractivity contribution in [2.75, 3.05) is 0 Å². The third kappa shape index (κ3) is 7.92. The molecule has 0 fully saturated rings. The lowest BCUT2D eigenvalue weighted by Crippen LogP contribution is -2.24. The smallest absolute Gasteiger partial charge is 0.00752 e. The van der Waals surface area contributed by atoms with Crippen molar-refractivity contribution in [3.05, 3.63) is 35.4 Å². The summed E-state index contributed by atoms with van der Waals surface area (Å²) in [6.45, 7) is 14.3. The van der Waals surface area contributed by atoms with Crippen LogP contribution in [0.5, 0.6) is 0 Å². The van der Waals surface area contributed by atoms with Crippen LogP contribution in [0.25, 0.3) is 0 Å². The van der Waals surface area contributed by atoms with E-state index < -0.39 is 0 Å². The highest BCUT2D eigenvalue weighted by molar-refractivity contribution is 5.33. The van der Waals surface area contributed by atoms with Gasteiger partial charge in [-0.1, -0.05) is 130 Å². The topological polar surface area (TPSA) is 0 Å². The van der Waals surface area contributed by atoms with E-state index in [1.54, 1.807) is 11.1 Å². The lowest BCUT2D eigenvalue weighted by Gasteiger charge is -2.34. The molecule has 2 atom stereocenters. The number of rotatable bonds is 16. The standard InChI is InChI=1S/C28H50/c1-7-11-15-23-27(5,21-13-9-3)25-17-19-26(20-18-25)28(6,22-14-10-4)24-16-12-8-2/h17-20H,7-16,21-24H2,1-6H3. The molecule has 1 aromatic rings. The Balaban J connectivity index is 3.00. The first-order chi connectivity index (χ1) is 13.5. The van der Waals surface area contributed by atoms with Gasteiger partial charge >= 0.3 is 0 Å². The van der Waals surface area contributed by atoms with Crippen molar-refractivity contribution in [2.24, 2.45) is 0 Å². The molecule has 28 heavy (non-hydrogen) atoms. The van der Waals surface area contributed by atoms with Crippen LogP contribution in [-0.2, 0) is 10.8 Å². The van der Waals surface area contributed by atoms with Crippen molar-refractivity contribution in [3.63, 3.8) is 0 Å². The van der Waals surface area contributed by atoms with Crippen LogP contribution in [0, 0.1) is 0 Å². The molecule has 0 aliphatic rings. The minimum atomic E-state index is 0.353. The number of hydrogen-bond donors (Lipinski definition) is 0. The first kappa shape index (κ1) is 25.3. The van der Waals surface area contributed by atoms with Gasteiger partial charge in [0, 0.05) is 0 Å². The zero-order chi connectivity index (χ0) is 20.9. The fraction of sp³-hybridized carbons (Fsp3) is 0.786. The van der Waals surface area contributed by atoms with E-state index in [9.17, 15) is 0 Å². The molecule has 1 aromatic carbocycles. The minimum absolute atomic E-state index is 0.353. The van der Waals surface area contributed by atoms with Crippen LogP contribution in [0.15, 0.2) is 24.3 Å². The van der Waals surface area contributed by atoms with E-state index in [4.69, 9.17) is 0 Å². The van der Waals surface area contributed by atoms with Gasteiger partial charge in [0.05, 0.1) is 0 Å². The van der Waals surface area contributed by atoms with Crippen LogP contribution < -0.4 is 0 Å². The van der Waals surface area contributed by atoms with E-state index in [0.29, 0.717) is 10.8 Å². The van der Waals surface area contributed by atoms with E-state index in [-0.39, 0.29) is 0 Å². The molecule has 0 heteroatoms. The SMILES string of the molecule is CCCCCC(C)(CCCC)c1ccc(C(C)(CCCC)CCCCC)cc1. The molecule has 2 unspecified atom stereocenters. The Hall–Kier alpha value is -0.780. The summed E-state index contributed by atoms with van der Waals surface area (Å²) in [5.41, 5.74) is 3.86. The molecule has 0 aromatic heterocycles. The van der Waals surface area contributed by atoms with Gasteiger partial charge in [0.2, 0.25) is 0 Å². The number of benzene rings is 1. The van der Waals surface area contributed by atoms with Crippen molar-refractivity contribution in [2.45, 2.75) is 142 Å². The third-order valence-electron chi connectivity index (χ3n) is 7.11.